The van der Waals surface area contributed by atoms with E-state index < -0.39 is 0 Å². The van der Waals surface area contributed by atoms with Crippen LogP contribution in [0.15, 0.2) is 109 Å². The highest BCUT2D eigenvalue weighted by atomic mass is 16.2. The van der Waals surface area contributed by atoms with Gasteiger partial charge >= 0.3 is 0 Å². The predicted octanol–water partition coefficient (Wildman–Crippen LogP) is 7.56. The maximum Gasteiger partial charge on any atom is 0.261 e. The summed E-state index contributed by atoms with van der Waals surface area (Å²) in [6, 6.07) is 35.6. The maximum atomic E-state index is 14.4. The Balaban J connectivity index is 1.13. The zero-order chi connectivity index (χ0) is 39.3. The van der Waals surface area contributed by atoms with Gasteiger partial charge in [0.1, 0.15) is 12.1 Å². The zero-order valence-electron chi connectivity index (χ0n) is 32.8. The quantitative estimate of drug-likeness (QED) is 0.0628. The summed E-state index contributed by atoms with van der Waals surface area (Å²) in [4.78, 5) is 60.4. The topological polar surface area (TPSA) is 74.8 Å². The number of hydrogen-bond acceptors (Lipinski definition) is 4. The van der Waals surface area contributed by atoms with E-state index >= 15 is 0 Å². The van der Waals surface area contributed by atoms with Gasteiger partial charge in [0.05, 0.1) is 55.4 Å². The predicted molar refractivity (Wildman–Crippen MR) is 222 cm³/mol. The highest BCUT2D eigenvalue weighted by Gasteiger charge is 2.41. The van der Waals surface area contributed by atoms with Crippen molar-refractivity contribution in [2.45, 2.75) is 24.9 Å². The Kier molecular flexibility index (Phi) is 8.16. The third kappa shape index (κ3) is 5.58. The van der Waals surface area contributed by atoms with Crippen molar-refractivity contribution in [2.75, 3.05) is 55.4 Å². The number of hydrogen-bond donors (Lipinski definition) is 0. The molecule has 56 heavy (non-hydrogen) atoms. The molecule has 7 aromatic carbocycles. The van der Waals surface area contributed by atoms with Gasteiger partial charge in [-0.25, -0.2) is 0 Å². The molecule has 2 atom stereocenters. The van der Waals surface area contributed by atoms with E-state index in [0.717, 1.165) is 56.3 Å². The van der Waals surface area contributed by atoms with Crippen LogP contribution in [0.25, 0.3) is 43.1 Å². The number of amides is 4. The van der Waals surface area contributed by atoms with Crippen LogP contribution < -0.4 is 0 Å². The van der Waals surface area contributed by atoms with Gasteiger partial charge in [0.15, 0.2) is 0 Å². The standard InChI is InChI=1S/C48H46N4O4/c1-51(2,3)31(25-29-13-9-7-10-14-29)27-49-45(53)37-21-17-33-35-19-23-39-44-40(24-20-36(42(35)44)34-18-22-38(46(49)54)43(37)41(33)34)48(56)50(47(39)55)28-32(52(4,5)6)26-30-15-11-8-12-16-30/h7-24,31-32H,25-28H2,1-6H3/q+2/t31-,32-/m1/s1. The molecule has 4 amide bonds. The van der Waals surface area contributed by atoms with Crippen molar-refractivity contribution in [1.29, 1.82) is 0 Å². The fraction of sp³-hybridized carbons (Fsp3) is 0.250. The van der Waals surface area contributed by atoms with Gasteiger partial charge in [0.2, 0.25) is 0 Å². The summed E-state index contributed by atoms with van der Waals surface area (Å²) in [6.45, 7) is 0.573. The summed E-state index contributed by atoms with van der Waals surface area (Å²) < 4.78 is 1.17. The summed E-state index contributed by atoms with van der Waals surface area (Å²) in [6.07, 6.45) is 1.44. The van der Waals surface area contributed by atoms with Gasteiger partial charge in [-0.2, -0.15) is 0 Å². The van der Waals surface area contributed by atoms with Crippen molar-refractivity contribution in [3.8, 4) is 0 Å². The van der Waals surface area contributed by atoms with E-state index in [0.29, 0.717) is 42.0 Å². The minimum atomic E-state index is -0.288. The van der Waals surface area contributed by atoms with E-state index in [4.69, 9.17) is 0 Å². The van der Waals surface area contributed by atoms with Gasteiger partial charge in [-0.1, -0.05) is 84.9 Å². The Morgan fingerprint density at radius 3 is 0.946 bits per heavy atom. The first-order chi connectivity index (χ1) is 26.7. The molecule has 0 radical (unpaired) electrons. The van der Waals surface area contributed by atoms with E-state index in [2.05, 4.69) is 66.6 Å². The second kappa shape index (κ2) is 12.8. The summed E-state index contributed by atoms with van der Waals surface area (Å²) in [7, 11) is 12.6. The Morgan fingerprint density at radius 1 is 0.393 bits per heavy atom. The van der Waals surface area contributed by atoms with E-state index in [1.165, 1.54) is 9.80 Å². The van der Waals surface area contributed by atoms with Crippen LogP contribution in [-0.2, 0) is 12.8 Å². The summed E-state index contributed by atoms with van der Waals surface area (Å²) in [5.74, 6) is -1.15. The molecule has 2 aliphatic rings. The van der Waals surface area contributed by atoms with E-state index in [9.17, 15) is 19.2 Å². The summed E-state index contributed by atoms with van der Waals surface area (Å²) >= 11 is 0. The van der Waals surface area contributed by atoms with Crippen LogP contribution in [0.2, 0.25) is 0 Å². The Bertz CT molecular complexity index is 2450. The van der Waals surface area contributed by atoms with Gasteiger partial charge in [-0.15, -0.1) is 0 Å². The number of fused-ring (bicyclic) bond motifs is 2. The number of quaternary nitrogens is 2. The van der Waals surface area contributed by atoms with Gasteiger partial charge in [0, 0.05) is 45.9 Å². The molecular weight excluding hydrogens is 697 g/mol. The molecule has 2 aliphatic heterocycles. The second-order valence-corrected chi connectivity index (χ2v) is 17.5. The number of carbonyl (C=O) groups is 4. The maximum absolute atomic E-state index is 14.4. The molecule has 0 aromatic heterocycles. The van der Waals surface area contributed by atoms with Crippen molar-refractivity contribution in [1.82, 2.24) is 9.80 Å². The van der Waals surface area contributed by atoms with Crippen molar-refractivity contribution >= 4 is 66.7 Å². The Labute approximate surface area is 326 Å². The molecule has 0 N–H and O–H groups in total. The first-order valence-electron chi connectivity index (χ1n) is 19.3. The van der Waals surface area contributed by atoms with Gasteiger partial charge in [-0.05, 0) is 67.7 Å². The Morgan fingerprint density at radius 2 is 0.679 bits per heavy atom. The first-order valence-corrected chi connectivity index (χ1v) is 19.3. The summed E-state index contributed by atoms with van der Waals surface area (Å²) in [5.41, 5.74) is 4.37. The molecule has 0 unspecified atom stereocenters. The lowest BCUT2D eigenvalue weighted by Gasteiger charge is -2.38. The van der Waals surface area contributed by atoms with Crippen molar-refractivity contribution in [3.05, 3.63) is 143 Å². The third-order valence-electron chi connectivity index (χ3n) is 12.4. The zero-order valence-corrected chi connectivity index (χ0v) is 32.8. The van der Waals surface area contributed by atoms with E-state index in [1.807, 2.05) is 84.9 Å². The van der Waals surface area contributed by atoms with Crippen LogP contribution >= 0.6 is 0 Å². The number of carbonyl (C=O) groups excluding carboxylic acids is 4. The molecule has 8 heteroatoms. The van der Waals surface area contributed by atoms with Crippen LogP contribution in [-0.4, -0.2) is 110 Å². The minimum absolute atomic E-state index is 0.0187. The van der Waals surface area contributed by atoms with Gasteiger partial charge in [0.25, 0.3) is 23.6 Å². The number of rotatable bonds is 10. The number of nitrogens with zero attached hydrogens (tertiary/aromatic N) is 4. The smallest absolute Gasteiger partial charge is 0.261 e. The molecule has 280 valence electrons. The van der Waals surface area contributed by atoms with E-state index in [-0.39, 0.29) is 48.8 Å². The molecule has 2 heterocycles. The van der Waals surface area contributed by atoms with E-state index in [1.54, 1.807) is 0 Å². The lowest BCUT2D eigenvalue weighted by atomic mass is 9.82. The molecule has 9 rings (SSSR count). The summed E-state index contributed by atoms with van der Waals surface area (Å²) in [5, 5.41) is 6.57. The molecule has 0 aliphatic carbocycles. The molecule has 7 aromatic rings. The van der Waals surface area contributed by atoms with Crippen LogP contribution in [0.3, 0.4) is 0 Å². The molecule has 0 saturated carbocycles. The fourth-order valence-corrected chi connectivity index (χ4v) is 9.06. The van der Waals surface area contributed by atoms with Gasteiger partial charge in [-0.3, -0.25) is 29.0 Å². The highest BCUT2D eigenvalue weighted by Crippen LogP contribution is 2.46. The fourth-order valence-electron chi connectivity index (χ4n) is 9.06. The normalized spacial score (nSPS) is 15.9. The molecule has 0 fully saturated rings. The molecular formula is C48H46N4O4+2. The monoisotopic (exact) mass is 742 g/mol. The first kappa shape index (κ1) is 35.7. The van der Waals surface area contributed by atoms with Crippen LogP contribution in [0, 0.1) is 0 Å². The largest absolute Gasteiger partial charge is 0.327 e. The van der Waals surface area contributed by atoms with Crippen molar-refractivity contribution in [2.24, 2.45) is 0 Å². The van der Waals surface area contributed by atoms with Crippen molar-refractivity contribution < 1.29 is 28.1 Å². The number of likely N-dealkylation sites (N-methyl/N-ethyl adjacent to an activating group) is 2. The highest BCUT2D eigenvalue weighted by molar-refractivity contribution is 6.41. The lowest BCUT2D eigenvalue weighted by molar-refractivity contribution is -0.895. The van der Waals surface area contributed by atoms with Gasteiger partial charge < -0.3 is 8.97 Å². The van der Waals surface area contributed by atoms with Crippen molar-refractivity contribution in [3.63, 3.8) is 0 Å². The third-order valence-corrected chi connectivity index (χ3v) is 12.4. The van der Waals surface area contributed by atoms with Crippen LogP contribution in [0.1, 0.15) is 52.6 Å². The number of imide groups is 2. The minimum Gasteiger partial charge on any atom is -0.327 e. The Hall–Kier alpha value is -5.96. The molecule has 0 bridgehead atoms. The number of benzene rings is 7. The average molecular weight is 743 g/mol. The second-order valence-electron chi connectivity index (χ2n) is 17.5. The average Bonchev–Trinajstić information content (AvgIpc) is 3.17. The van der Waals surface area contributed by atoms with Crippen LogP contribution in [0.5, 0.6) is 0 Å². The molecule has 0 spiro atoms. The van der Waals surface area contributed by atoms with Crippen LogP contribution in [0.4, 0.5) is 0 Å². The lowest BCUT2D eigenvalue weighted by Crippen LogP contribution is -2.55. The SMILES string of the molecule is C[N+](C)(C)[C@H](Cc1ccccc1)CN1C(=O)c2ccc3c4ccc5c6c(ccc(c7ccc(c2c37)C1=O)c64)C(=O)N(C[C@@H](Cc1ccccc1)[N+](C)(C)C)C5=O. The molecule has 8 nitrogen and oxygen atoms in total. The molecule has 0 saturated heterocycles.